The van der Waals surface area contributed by atoms with E-state index in [2.05, 4.69) is 20.3 Å². The fourth-order valence-electron chi connectivity index (χ4n) is 3.09. The highest BCUT2D eigenvalue weighted by Crippen LogP contribution is 2.34. The Balaban J connectivity index is 1.66. The van der Waals surface area contributed by atoms with Gasteiger partial charge in [-0.15, -0.1) is 5.06 Å². The number of nitrogens with one attached hydrogen (secondary N) is 1. The number of aromatic nitrogens is 3. The summed E-state index contributed by atoms with van der Waals surface area (Å²) in [4.78, 5) is 39.8. The monoisotopic (exact) mass is 510 g/mol. The molecule has 0 amide bonds. The molecule has 0 unspecified atom stereocenters. The molecule has 0 spiro atoms. The maximum Gasteiger partial charge on any atom is 0.528 e. The van der Waals surface area contributed by atoms with Crippen LogP contribution in [-0.4, -0.2) is 70.6 Å². The second-order valence-electron chi connectivity index (χ2n) is 8.72. The minimum Gasteiger partial charge on any atom is -0.469 e. The van der Waals surface area contributed by atoms with Crippen molar-refractivity contribution >= 4 is 33.2 Å². The van der Waals surface area contributed by atoms with Crippen molar-refractivity contribution in [3.8, 4) is 5.88 Å². The average Bonchev–Trinajstić information content (AvgIpc) is 2.73. The summed E-state index contributed by atoms with van der Waals surface area (Å²) >= 11 is 0. The minimum absolute atomic E-state index is 0.133. The van der Waals surface area contributed by atoms with E-state index in [0.717, 1.165) is 12.6 Å². The molecule has 0 aliphatic carbocycles. The maximum absolute atomic E-state index is 11.8. The van der Waals surface area contributed by atoms with E-state index in [1.54, 1.807) is 20.8 Å². The van der Waals surface area contributed by atoms with Crippen molar-refractivity contribution < 1.29 is 32.4 Å². The highest BCUT2D eigenvalue weighted by atomic mass is 32.2. The van der Waals surface area contributed by atoms with E-state index in [1.807, 2.05) is 0 Å². The number of nitro groups is 1. The van der Waals surface area contributed by atoms with Gasteiger partial charge in [-0.25, -0.2) is 23.2 Å². The third-order valence-electron chi connectivity index (χ3n) is 4.62. The first-order valence-electron chi connectivity index (χ1n) is 10.6. The quantitative estimate of drug-likeness (QED) is 0.327. The smallest absolute Gasteiger partial charge is 0.469 e. The van der Waals surface area contributed by atoms with Crippen molar-refractivity contribution in [2.45, 2.75) is 50.3 Å². The van der Waals surface area contributed by atoms with Crippen molar-refractivity contribution in [3.63, 3.8) is 0 Å². The molecule has 0 aromatic carbocycles. The molecule has 35 heavy (non-hydrogen) atoms. The molecule has 1 aliphatic heterocycles. The van der Waals surface area contributed by atoms with Crippen LogP contribution in [0.3, 0.4) is 0 Å². The summed E-state index contributed by atoms with van der Waals surface area (Å²) in [6, 6.07) is 2.69. The van der Waals surface area contributed by atoms with E-state index >= 15 is 0 Å². The van der Waals surface area contributed by atoms with Crippen LogP contribution in [0.1, 0.15) is 33.6 Å². The van der Waals surface area contributed by atoms with Gasteiger partial charge in [0.2, 0.25) is 5.82 Å². The molecule has 0 radical (unpaired) electrons. The van der Waals surface area contributed by atoms with Crippen LogP contribution >= 0.6 is 0 Å². The predicted molar refractivity (Wildman–Crippen MR) is 122 cm³/mol. The van der Waals surface area contributed by atoms with E-state index in [4.69, 9.17) is 14.3 Å². The van der Waals surface area contributed by atoms with Gasteiger partial charge in [-0.05, 0) is 32.9 Å². The maximum atomic E-state index is 11.8. The summed E-state index contributed by atoms with van der Waals surface area (Å²) in [5, 5.41) is 15.8. The lowest BCUT2D eigenvalue weighted by molar-refractivity contribution is -0.385. The van der Waals surface area contributed by atoms with Crippen LogP contribution in [0.5, 0.6) is 5.88 Å². The normalized spacial score (nSPS) is 15.3. The number of carbonyl (C=O) groups is 1. The summed E-state index contributed by atoms with van der Waals surface area (Å²) in [7, 11) is -3.49. The Morgan fingerprint density at radius 3 is 2.43 bits per heavy atom. The van der Waals surface area contributed by atoms with Gasteiger partial charge in [0, 0.05) is 32.2 Å². The third-order valence-corrected chi connectivity index (χ3v) is 5.62. The Hall–Kier alpha value is -3.59. The second kappa shape index (κ2) is 10.4. The fraction of sp³-hybridized carbons (Fsp3) is 0.500. The molecule has 14 nitrogen and oxygen atoms in total. The van der Waals surface area contributed by atoms with Gasteiger partial charge in [0.05, 0.1) is 16.8 Å². The summed E-state index contributed by atoms with van der Waals surface area (Å²) < 4.78 is 34.0. The van der Waals surface area contributed by atoms with Gasteiger partial charge in [-0.2, -0.15) is 4.98 Å². The summed E-state index contributed by atoms with van der Waals surface area (Å²) in [5.41, 5.74) is -0.868. The predicted octanol–water partition coefficient (Wildman–Crippen LogP) is 2.64. The number of anilines is 2. The lowest BCUT2D eigenvalue weighted by Gasteiger charge is -2.30. The van der Waals surface area contributed by atoms with Gasteiger partial charge >= 0.3 is 11.8 Å². The van der Waals surface area contributed by atoms with Crippen LogP contribution in [0.2, 0.25) is 0 Å². The van der Waals surface area contributed by atoms with E-state index < -0.39 is 38.3 Å². The zero-order valence-electron chi connectivity index (χ0n) is 19.6. The molecule has 3 rings (SSSR count). The minimum atomic E-state index is -3.49. The zero-order chi connectivity index (χ0) is 25.8. The number of hydrogen-bond acceptors (Lipinski definition) is 13. The molecular weight excluding hydrogens is 484 g/mol. The van der Waals surface area contributed by atoms with Crippen molar-refractivity contribution in [1.29, 1.82) is 0 Å². The Morgan fingerprint density at radius 2 is 1.89 bits per heavy atom. The fourth-order valence-corrected chi connectivity index (χ4v) is 3.65. The Morgan fingerprint density at radius 1 is 1.20 bits per heavy atom. The van der Waals surface area contributed by atoms with Crippen molar-refractivity contribution in [1.82, 2.24) is 20.0 Å². The van der Waals surface area contributed by atoms with Crippen LogP contribution in [-0.2, 0) is 19.4 Å². The van der Waals surface area contributed by atoms with E-state index in [9.17, 15) is 23.3 Å². The number of hydrogen-bond donors (Lipinski definition) is 1. The van der Waals surface area contributed by atoms with Crippen LogP contribution in [0.15, 0.2) is 29.7 Å². The number of piperidine rings is 1. The van der Waals surface area contributed by atoms with Crippen LogP contribution in [0, 0.1) is 10.1 Å². The van der Waals surface area contributed by atoms with E-state index in [-0.39, 0.29) is 22.4 Å². The molecule has 190 valence electrons. The van der Waals surface area contributed by atoms with Crippen molar-refractivity contribution in [3.05, 3.63) is 34.8 Å². The highest BCUT2D eigenvalue weighted by molar-refractivity contribution is 7.90. The topological polar surface area (TPSA) is 176 Å². The number of nitrogens with zero attached hydrogens (tertiary/aromatic N) is 5. The Kier molecular flexibility index (Phi) is 7.70. The standard InChI is InChI=1S/C20H26N6O8S/c1-20(2,3)33-19(27)34-25-9-7-14(8-10-25)32-18-16(26(28)29)17(22-12-23-18)24-13-5-6-15(21-11-13)35(4,30)31/h5-6,11-12,14H,7-10H2,1-4H3,(H,22,23,24). The highest BCUT2D eigenvalue weighted by Gasteiger charge is 2.30. The zero-order valence-corrected chi connectivity index (χ0v) is 20.4. The molecule has 15 heteroatoms. The molecular formula is C20H26N6O8S. The average molecular weight is 511 g/mol. The molecule has 1 aliphatic rings. The number of carbonyl (C=O) groups excluding carboxylic acids is 1. The molecule has 0 atom stereocenters. The van der Waals surface area contributed by atoms with Crippen molar-refractivity contribution in [2.24, 2.45) is 0 Å². The summed E-state index contributed by atoms with van der Waals surface area (Å²) in [5.74, 6) is -0.362. The first-order chi connectivity index (χ1) is 16.3. The molecule has 0 bridgehead atoms. The summed E-state index contributed by atoms with van der Waals surface area (Å²) in [6.45, 7) is 5.87. The number of rotatable bonds is 7. The number of sulfone groups is 1. The molecule has 2 aromatic heterocycles. The van der Waals surface area contributed by atoms with Gasteiger partial charge in [-0.1, -0.05) is 0 Å². The van der Waals surface area contributed by atoms with Gasteiger partial charge in [0.15, 0.2) is 14.9 Å². The van der Waals surface area contributed by atoms with Gasteiger partial charge < -0.3 is 19.6 Å². The Bertz CT molecular complexity index is 1180. The SMILES string of the molecule is CC(C)(C)OC(=O)ON1CCC(Oc2ncnc(Nc3ccc(S(C)(=O)=O)nc3)c2[N+](=O)[O-])CC1. The van der Waals surface area contributed by atoms with Crippen LogP contribution in [0.4, 0.5) is 22.0 Å². The van der Waals surface area contributed by atoms with Crippen molar-refractivity contribution in [2.75, 3.05) is 24.7 Å². The van der Waals surface area contributed by atoms with Gasteiger partial charge in [0.1, 0.15) is 18.0 Å². The van der Waals surface area contributed by atoms with Crippen LogP contribution in [0.25, 0.3) is 0 Å². The number of hydroxylamine groups is 2. The Labute approximate surface area is 201 Å². The van der Waals surface area contributed by atoms with Gasteiger partial charge in [-0.3, -0.25) is 10.1 Å². The molecule has 1 saturated heterocycles. The molecule has 2 aromatic rings. The van der Waals surface area contributed by atoms with Gasteiger partial charge in [0.25, 0.3) is 5.88 Å². The number of pyridine rings is 1. The van der Waals surface area contributed by atoms with E-state index in [1.165, 1.54) is 23.4 Å². The lowest BCUT2D eigenvalue weighted by atomic mass is 10.1. The third kappa shape index (κ3) is 7.45. The first-order valence-corrected chi connectivity index (χ1v) is 12.5. The molecule has 1 fully saturated rings. The molecule has 0 saturated carbocycles. The second-order valence-corrected chi connectivity index (χ2v) is 10.7. The molecule has 3 heterocycles. The van der Waals surface area contributed by atoms with E-state index in [0.29, 0.717) is 25.9 Å². The number of ether oxygens (including phenoxy) is 2. The lowest BCUT2D eigenvalue weighted by Crippen LogP contribution is -2.40. The summed E-state index contributed by atoms with van der Waals surface area (Å²) in [6.07, 6.45) is 2.99. The first kappa shape index (κ1) is 26.0. The molecule has 1 N–H and O–H groups in total. The largest absolute Gasteiger partial charge is 0.528 e. The van der Waals surface area contributed by atoms with Crippen LogP contribution < -0.4 is 10.1 Å².